The van der Waals surface area contributed by atoms with Gasteiger partial charge in [0.05, 0.1) is 17.7 Å². The van der Waals surface area contributed by atoms with Gasteiger partial charge in [0, 0.05) is 17.0 Å². The van der Waals surface area contributed by atoms with Crippen molar-refractivity contribution >= 4 is 51.4 Å². The topological polar surface area (TPSA) is 124 Å². The van der Waals surface area contributed by atoms with Crippen LogP contribution in [0.2, 0.25) is 5.02 Å². The number of rotatable bonds is 6. The van der Waals surface area contributed by atoms with Crippen molar-refractivity contribution in [2.75, 3.05) is 17.7 Å². The van der Waals surface area contributed by atoms with Gasteiger partial charge in [-0.2, -0.15) is 0 Å². The first-order chi connectivity index (χ1) is 15.9. The molecule has 1 aromatic heterocycles. The molecule has 0 bridgehead atoms. The van der Waals surface area contributed by atoms with Crippen molar-refractivity contribution in [3.8, 4) is 5.75 Å². The lowest BCUT2D eigenvalue weighted by Crippen LogP contribution is -2.17. The number of halogens is 1. The van der Waals surface area contributed by atoms with E-state index >= 15 is 0 Å². The molecule has 0 aliphatic rings. The van der Waals surface area contributed by atoms with Crippen molar-refractivity contribution in [2.45, 2.75) is 0 Å². The highest BCUT2D eigenvalue weighted by molar-refractivity contribution is 6.32. The zero-order chi connectivity index (χ0) is 23.5. The van der Waals surface area contributed by atoms with Gasteiger partial charge in [-0.05, 0) is 36.4 Å². The average molecular weight is 466 g/mol. The molecule has 0 unspecified atom stereocenters. The number of nitrogens with one attached hydrogen (secondary N) is 2. The van der Waals surface area contributed by atoms with Crippen LogP contribution in [-0.4, -0.2) is 23.8 Å². The fourth-order valence-corrected chi connectivity index (χ4v) is 3.42. The number of fused-ring (bicyclic) bond motifs is 1. The fraction of sp³-hybridized carbons (Fsp3) is 0.0435. The van der Waals surface area contributed by atoms with Crippen LogP contribution in [0.5, 0.6) is 5.75 Å². The molecule has 9 nitrogen and oxygen atoms in total. The lowest BCUT2D eigenvalue weighted by Gasteiger charge is -2.10. The normalized spacial score (nSPS) is 10.6. The minimum absolute atomic E-state index is 0.00697. The minimum Gasteiger partial charge on any atom is -0.495 e. The number of carbonyl (C=O) groups is 2. The standard InChI is InChI=1S/C23H16ClN3O6/c1-32-19-9-5-3-7-16(19)25-23(29)21-20(14-6-2-4-8-18(14)33-21)26-22(28)13-10-11-15(24)17(12-13)27(30)31/h2-12H,1H3,(H,25,29)(H,26,28). The molecule has 33 heavy (non-hydrogen) atoms. The number of carbonyl (C=O) groups excluding carboxylic acids is 2. The Balaban J connectivity index is 1.71. The van der Waals surface area contributed by atoms with Gasteiger partial charge >= 0.3 is 0 Å². The van der Waals surface area contributed by atoms with Crippen LogP contribution in [0.25, 0.3) is 11.0 Å². The SMILES string of the molecule is COc1ccccc1NC(=O)c1oc2ccccc2c1NC(=O)c1ccc(Cl)c([N+](=O)[O-])c1. The molecule has 3 aromatic carbocycles. The second-order valence-corrected chi connectivity index (χ2v) is 7.24. The smallest absolute Gasteiger partial charge is 0.293 e. The summed E-state index contributed by atoms with van der Waals surface area (Å²) in [6, 6.07) is 17.3. The molecule has 0 fully saturated rings. The third-order valence-electron chi connectivity index (χ3n) is 4.80. The van der Waals surface area contributed by atoms with E-state index in [4.69, 9.17) is 20.8 Å². The molecule has 0 aliphatic carbocycles. The van der Waals surface area contributed by atoms with Crippen LogP contribution in [0.1, 0.15) is 20.9 Å². The third-order valence-corrected chi connectivity index (χ3v) is 5.12. The monoisotopic (exact) mass is 465 g/mol. The molecule has 0 atom stereocenters. The third kappa shape index (κ3) is 4.35. The molecule has 10 heteroatoms. The van der Waals surface area contributed by atoms with Crippen LogP contribution in [-0.2, 0) is 0 Å². The number of nitro benzene ring substituents is 1. The maximum absolute atomic E-state index is 13.1. The summed E-state index contributed by atoms with van der Waals surface area (Å²) < 4.78 is 11.0. The van der Waals surface area contributed by atoms with E-state index in [2.05, 4.69) is 10.6 Å². The second-order valence-electron chi connectivity index (χ2n) is 6.83. The summed E-state index contributed by atoms with van der Waals surface area (Å²) in [6.45, 7) is 0. The average Bonchev–Trinajstić information content (AvgIpc) is 3.18. The first-order valence-electron chi connectivity index (χ1n) is 9.60. The number of amides is 2. The van der Waals surface area contributed by atoms with Gasteiger partial charge in [-0.15, -0.1) is 0 Å². The summed E-state index contributed by atoms with van der Waals surface area (Å²) in [5.41, 5.74) is 0.500. The van der Waals surface area contributed by atoms with E-state index in [9.17, 15) is 19.7 Å². The highest BCUT2D eigenvalue weighted by atomic mass is 35.5. The van der Waals surface area contributed by atoms with Crippen LogP contribution in [0.15, 0.2) is 71.1 Å². The van der Waals surface area contributed by atoms with Crippen molar-refractivity contribution in [1.29, 1.82) is 0 Å². The van der Waals surface area contributed by atoms with Crippen molar-refractivity contribution < 1.29 is 23.7 Å². The van der Waals surface area contributed by atoms with E-state index in [-0.39, 0.29) is 22.0 Å². The van der Waals surface area contributed by atoms with Gasteiger partial charge in [-0.3, -0.25) is 19.7 Å². The number of benzene rings is 3. The molecular formula is C23H16ClN3O6. The Labute approximate surface area is 192 Å². The van der Waals surface area contributed by atoms with Crippen molar-refractivity contribution in [1.82, 2.24) is 0 Å². The van der Waals surface area contributed by atoms with Crippen LogP contribution in [0.4, 0.5) is 17.1 Å². The Morgan fingerprint density at radius 1 is 1.00 bits per heavy atom. The number of ether oxygens (including phenoxy) is 1. The minimum atomic E-state index is -0.682. The van der Waals surface area contributed by atoms with Crippen LogP contribution in [0.3, 0.4) is 0 Å². The predicted octanol–water partition coefficient (Wildman–Crippen LogP) is 5.51. The molecular weight excluding hydrogens is 450 g/mol. The number of hydrogen-bond donors (Lipinski definition) is 2. The van der Waals surface area contributed by atoms with Gasteiger partial charge in [-0.25, -0.2) is 0 Å². The van der Waals surface area contributed by atoms with Gasteiger partial charge in [0.25, 0.3) is 17.5 Å². The molecule has 166 valence electrons. The first-order valence-corrected chi connectivity index (χ1v) is 9.98. The van der Waals surface area contributed by atoms with Crippen molar-refractivity contribution in [2.24, 2.45) is 0 Å². The van der Waals surface area contributed by atoms with E-state index in [1.165, 1.54) is 19.2 Å². The lowest BCUT2D eigenvalue weighted by molar-refractivity contribution is -0.384. The van der Waals surface area contributed by atoms with Crippen molar-refractivity contribution in [3.05, 3.63) is 93.2 Å². The first kappa shape index (κ1) is 21.8. The van der Waals surface area contributed by atoms with Gasteiger partial charge in [0.1, 0.15) is 22.0 Å². The molecule has 0 saturated carbocycles. The summed E-state index contributed by atoms with van der Waals surface area (Å²) in [6.07, 6.45) is 0. The number of furan rings is 1. The summed E-state index contributed by atoms with van der Waals surface area (Å²) in [7, 11) is 1.48. The number of hydrogen-bond acceptors (Lipinski definition) is 6. The quantitative estimate of drug-likeness (QED) is 0.286. The number of anilines is 2. The Hall–Kier alpha value is -4.37. The highest BCUT2D eigenvalue weighted by Crippen LogP contribution is 2.33. The number of nitrogens with zero attached hydrogens (tertiary/aromatic N) is 1. The Morgan fingerprint density at radius 2 is 1.73 bits per heavy atom. The van der Waals surface area contributed by atoms with Crippen LogP contribution in [0, 0.1) is 10.1 Å². The zero-order valence-electron chi connectivity index (χ0n) is 17.1. The van der Waals surface area contributed by atoms with Gasteiger partial charge in [-0.1, -0.05) is 35.9 Å². The fourth-order valence-electron chi connectivity index (χ4n) is 3.24. The van der Waals surface area contributed by atoms with E-state index in [0.29, 0.717) is 22.4 Å². The van der Waals surface area contributed by atoms with Crippen LogP contribution < -0.4 is 15.4 Å². The Bertz CT molecular complexity index is 1400. The summed E-state index contributed by atoms with van der Waals surface area (Å²) in [5.74, 6) is -0.985. The molecule has 0 radical (unpaired) electrons. The summed E-state index contributed by atoms with van der Waals surface area (Å²) >= 11 is 5.83. The van der Waals surface area contributed by atoms with Crippen molar-refractivity contribution in [3.63, 3.8) is 0 Å². The predicted molar refractivity (Wildman–Crippen MR) is 123 cm³/mol. The van der Waals surface area contributed by atoms with Gasteiger partial charge in [0.15, 0.2) is 0 Å². The molecule has 0 aliphatic heterocycles. The maximum Gasteiger partial charge on any atom is 0.293 e. The van der Waals surface area contributed by atoms with Crippen LogP contribution >= 0.6 is 11.6 Å². The summed E-state index contributed by atoms with van der Waals surface area (Å²) in [5, 5.41) is 16.9. The summed E-state index contributed by atoms with van der Waals surface area (Å²) in [4.78, 5) is 36.5. The largest absolute Gasteiger partial charge is 0.495 e. The molecule has 4 rings (SSSR count). The maximum atomic E-state index is 13.1. The highest BCUT2D eigenvalue weighted by Gasteiger charge is 2.24. The number of nitro groups is 1. The van der Waals surface area contributed by atoms with E-state index in [0.717, 1.165) is 6.07 Å². The molecule has 1 heterocycles. The van der Waals surface area contributed by atoms with E-state index in [1.54, 1.807) is 48.5 Å². The second kappa shape index (κ2) is 9.01. The van der Waals surface area contributed by atoms with E-state index < -0.39 is 22.4 Å². The zero-order valence-corrected chi connectivity index (χ0v) is 17.9. The Kier molecular flexibility index (Phi) is 5.97. The molecule has 2 amide bonds. The van der Waals surface area contributed by atoms with E-state index in [1.807, 2.05) is 0 Å². The number of methoxy groups -OCH3 is 1. The number of para-hydroxylation sites is 3. The Morgan fingerprint density at radius 3 is 2.48 bits per heavy atom. The van der Waals surface area contributed by atoms with Gasteiger partial charge in [0.2, 0.25) is 5.76 Å². The van der Waals surface area contributed by atoms with Gasteiger partial charge < -0.3 is 19.8 Å². The lowest BCUT2D eigenvalue weighted by atomic mass is 10.1. The molecule has 2 N–H and O–H groups in total. The molecule has 0 spiro atoms. The molecule has 4 aromatic rings. The molecule has 0 saturated heterocycles.